The van der Waals surface area contributed by atoms with Crippen molar-refractivity contribution in [1.29, 1.82) is 0 Å². The van der Waals surface area contributed by atoms with Gasteiger partial charge in [-0.2, -0.15) is 8.42 Å². The van der Waals surface area contributed by atoms with Crippen LogP contribution in [0.3, 0.4) is 0 Å². The van der Waals surface area contributed by atoms with Gasteiger partial charge in [-0.05, 0) is 31.9 Å². The second-order valence-corrected chi connectivity index (χ2v) is 3.76. The standard InChI is InChI=1S/C8H11N.H2O4S/c1-6-4-7(2)8(3)9-5-6;1-5(2,3)4/h4-5H,1-3H3;(H2,1,2,3,4). The monoisotopic (exact) mass is 219 g/mol. The van der Waals surface area contributed by atoms with Crippen LogP contribution in [0.1, 0.15) is 16.8 Å². The van der Waals surface area contributed by atoms with E-state index in [-0.39, 0.29) is 0 Å². The molecule has 5 nitrogen and oxygen atoms in total. The third-order valence-corrected chi connectivity index (χ3v) is 1.48. The van der Waals surface area contributed by atoms with Crippen molar-refractivity contribution in [3.8, 4) is 0 Å². The zero-order valence-electron chi connectivity index (χ0n) is 8.22. The van der Waals surface area contributed by atoms with Gasteiger partial charge in [0.25, 0.3) is 0 Å². The molecule has 80 valence electrons. The Morgan fingerprint density at radius 1 is 1.21 bits per heavy atom. The number of hydrogen-bond donors (Lipinski definition) is 2. The number of hydrogen-bond acceptors (Lipinski definition) is 3. The van der Waals surface area contributed by atoms with Crippen LogP contribution in [0.2, 0.25) is 0 Å². The maximum Gasteiger partial charge on any atom is 0.394 e. The van der Waals surface area contributed by atoms with Crippen molar-refractivity contribution in [2.45, 2.75) is 20.8 Å². The summed E-state index contributed by atoms with van der Waals surface area (Å²) in [6.45, 7) is 6.16. The molecule has 0 unspecified atom stereocenters. The molecule has 0 bridgehead atoms. The highest BCUT2D eigenvalue weighted by atomic mass is 32.3. The molecule has 0 aliphatic carbocycles. The lowest BCUT2D eigenvalue weighted by molar-refractivity contribution is 0.381. The lowest BCUT2D eigenvalue weighted by Gasteiger charge is -1.97. The fraction of sp³-hybridized carbons (Fsp3) is 0.375. The lowest BCUT2D eigenvalue weighted by Crippen LogP contribution is -1.89. The quantitative estimate of drug-likeness (QED) is 0.643. The van der Waals surface area contributed by atoms with Crippen molar-refractivity contribution in [2.75, 3.05) is 0 Å². The fourth-order valence-electron chi connectivity index (χ4n) is 0.784. The molecule has 6 heteroatoms. The first-order chi connectivity index (χ1) is 6.20. The Morgan fingerprint density at radius 2 is 1.64 bits per heavy atom. The Balaban J connectivity index is 0.000000292. The van der Waals surface area contributed by atoms with Crippen LogP contribution in [-0.2, 0) is 10.4 Å². The zero-order valence-corrected chi connectivity index (χ0v) is 9.04. The summed E-state index contributed by atoms with van der Waals surface area (Å²) < 4.78 is 31.6. The summed E-state index contributed by atoms with van der Waals surface area (Å²) in [6.07, 6.45) is 1.89. The van der Waals surface area contributed by atoms with E-state index in [9.17, 15) is 0 Å². The molecule has 0 saturated carbocycles. The first-order valence-electron chi connectivity index (χ1n) is 3.80. The molecule has 0 aliphatic heterocycles. The molecule has 0 fully saturated rings. The Morgan fingerprint density at radius 3 is 1.93 bits per heavy atom. The number of nitrogens with zero attached hydrogens (tertiary/aromatic N) is 1. The van der Waals surface area contributed by atoms with Gasteiger partial charge >= 0.3 is 10.4 Å². The average Bonchev–Trinajstić information content (AvgIpc) is 1.94. The van der Waals surface area contributed by atoms with Crippen LogP contribution in [0.5, 0.6) is 0 Å². The highest BCUT2D eigenvalue weighted by Crippen LogP contribution is 2.03. The first kappa shape index (κ1) is 13.0. The van der Waals surface area contributed by atoms with Crippen LogP contribution in [0.15, 0.2) is 12.3 Å². The van der Waals surface area contributed by atoms with E-state index in [1.807, 2.05) is 13.1 Å². The molecule has 1 rings (SSSR count). The van der Waals surface area contributed by atoms with Gasteiger partial charge in [-0.3, -0.25) is 14.1 Å². The molecule has 1 aromatic heterocycles. The van der Waals surface area contributed by atoms with E-state index in [1.54, 1.807) is 0 Å². The largest absolute Gasteiger partial charge is 0.394 e. The van der Waals surface area contributed by atoms with Crippen LogP contribution in [-0.4, -0.2) is 22.5 Å². The minimum Gasteiger partial charge on any atom is -0.264 e. The molecule has 0 saturated heterocycles. The van der Waals surface area contributed by atoms with Crippen LogP contribution in [0.4, 0.5) is 0 Å². The summed E-state index contributed by atoms with van der Waals surface area (Å²) in [7, 11) is -4.67. The van der Waals surface area contributed by atoms with Gasteiger partial charge in [0.15, 0.2) is 0 Å². The molecular weight excluding hydrogens is 206 g/mol. The van der Waals surface area contributed by atoms with Gasteiger partial charge in [0, 0.05) is 11.9 Å². The minimum atomic E-state index is -4.67. The van der Waals surface area contributed by atoms with Gasteiger partial charge in [-0.1, -0.05) is 6.07 Å². The maximum atomic E-state index is 8.74. The summed E-state index contributed by atoms with van der Waals surface area (Å²) in [5.41, 5.74) is 3.63. The van der Waals surface area contributed by atoms with E-state index in [1.165, 1.54) is 11.1 Å². The van der Waals surface area contributed by atoms with Gasteiger partial charge in [-0.25, -0.2) is 0 Å². The van der Waals surface area contributed by atoms with Crippen molar-refractivity contribution in [3.63, 3.8) is 0 Å². The van der Waals surface area contributed by atoms with Crippen LogP contribution < -0.4 is 0 Å². The van der Waals surface area contributed by atoms with E-state index >= 15 is 0 Å². The van der Waals surface area contributed by atoms with Crippen molar-refractivity contribution in [2.24, 2.45) is 0 Å². The topological polar surface area (TPSA) is 87.5 Å². The van der Waals surface area contributed by atoms with Crippen molar-refractivity contribution < 1.29 is 17.5 Å². The third kappa shape index (κ3) is 7.66. The number of pyridine rings is 1. The summed E-state index contributed by atoms with van der Waals surface area (Å²) in [4.78, 5) is 4.18. The highest BCUT2D eigenvalue weighted by Gasteiger charge is 1.90. The lowest BCUT2D eigenvalue weighted by atomic mass is 10.2. The van der Waals surface area contributed by atoms with Crippen LogP contribution in [0, 0.1) is 20.8 Å². The Hall–Kier alpha value is -0.980. The average molecular weight is 219 g/mol. The molecule has 2 N–H and O–H groups in total. The van der Waals surface area contributed by atoms with E-state index in [0.717, 1.165) is 5.69 Å². The minimum absolute atomic E-state index is 1.13. The van der Waals surface area contributed by atoms with Crippen molar-refractivity contribution in [1.82, 2.24) is 4.98 Å². The SMILES string of the molecule is Cc1cnc(C)c(C)c1.O=S(=O)(O)O. The Kier molecular flexibility index (Phi) is 4.69. The molecule has 0 radical (unpaired) electrons. The molecule has 0 aliphatic rings. The normalized spacial score (nSPS) is 10.4. The van der Waals surface area contributed by atoms with Gasteiger partial charge in [0.2, 0.25) is 0 Å². The predicted molar refractivity (Wildman–Crippen MR) is 52.6 cm³/mol. The summed E-state index contributed by atoms with van der Waals surface area (Å²) >= 11 is 0. The summed E-state index contributed by atoms with van der Waals surface area (Å²) in [5.74, 6) is 0. The van der Waals surface area contributed by atoms with Crippen LogP contribution in [0.25, 0.3) is 0 Å². The smallest absolute Gasteiger partial charge is 0.264 e. The maximum absolute atomic E-state index is 8.74. The highest BCUT2D eigenvalue weighted by molar-refractivity contribution is 7.79. The first-order valence-corrected chi connectivity index (χ1v) is 5.19. The van der Waals surface area contributed by atoms with Crippen LogP contribution >= 0.6 is 0 Å². The van der Waals surface area contributed by atoms with Gasteiger partial charge in [0.05, 0.1) is 0 Å². The number of rotatable bonds is 0. The second kappa shape index (κ2) is 5.04. The fourth-order valence-corrected chi connectivity index (χ4v) is 0.784. The second-order valence-electron chi connectivity index (χ2n) is 2.86. The number of aromatic nitrogens is 1. The Labute approximate surface area is 83.4 Å². The van der Waals surface area contributed by atoms with Gasteiger partial charge < -0.3 is 0 Å². The zero-order chi connectivity index (χ0) is 11.4. The molecule has 0 amide bonds. The molecule has 1 aromatic rings. The summed E-state index contributed by atoms with van der Waals surface area (Å²) in [5, 5.41) is 0. The molecule has 0 aromatic carbocycles. The van der Waals surface area contributed by atoms with E-state index in [2.05, 4.69) is 24.9 Å². The van der Waals surface area contributed by atoms with E-state index < -0.39 is 10.4 Å². The molecule has 0 atom stereocenters. The van der Waals surface area contributed by atoms with Gasteiger partial charge in [-0.15, -0.1) is 0 Å². The van der Waals surface area contributed by atoms with E-state index in [4.69, 9.17) is 17.5 Å². The van der Waals surface area contributed by atoms with Gasteiger partial charge in [0.1, 0.15) is 0 Å². The Bertz CT molecular complexity index is 392. The van der Waals surface area contributed by atoms with Crippen molar-refractivity contribution in [3.05, 3.63) is 29.1 Å². The predicted octanol–water partition coefficient (Wildman–Crippen LogP) is 1.35. The molecular formula is C8H13NO4S. The third-order valence-electron chi connectivity index (χ3n) is 1.48. The molecule has 0 spiro atoms. The molecule has 1 heterocycles. The van der Waals surface area contributed by atoms with E-state index in [0.29, 0.717) is 0 Å². The summed E-state index contributed by atoms with van der Waals surface area (Å²) in [6, 6.07) is 2.14. The number of aryl methyl sites for hydroxylation is 3. The molecule has 14 heavy (non-hydrogen) atoms. The van der Waals surface area contributed by atoms with Crippen molar-refractivity contribution >= 4 is 10.4 Å².